The Bertz CT molecular complexity index is 217. The zero-order valence-corrected chi connectivity index (χ0v) is 10.7. The van der Waals surface area contributed by atoms with Crippen LogP contribution in [0, 0.1) is 0 Å². The van der Waals surface area contributed by atoms with Crippen LogP contribution in [0.25, 0.3) is 0 Å². The number of nitrogens with zero attached hydrogens (tertiary/aromatic N) is 1. The minimum absolute atomic E-state index is 0.156. The summed E-state index contributed by atoms with van der Waals surface area (Å²) in [6, 6.07) is 0.600. The van der Waals surface area contributed by atoms with Crippen molar-refractivity contribution in [2.75, 3.05) is 26.2 Å². The second-order valence-corrected chi connectivity index (χ2v) is 4.29. The van der Waals surface area contributed by atoms with E-state index in [-0.39, 0.29) is 12.0 Å². The number of hydrogen-bond acceptors (Lipinski definition) is 4. The predicted molar refractivity (Wildman–Crippen MR) is 64.4 cm³/mol. The molecule has 4 heteroatoms. The molecule has 1 N–H and O–H groups in total. The van der Waals surface area contributed by atoms with Crippen LogP contribution >= 0.6 is 0 Å². The van der Waals surface area contributed by atoms with Gasteiger partial charge in [0.2, 0.25) is 0 Å². The molecule has 0 bridgehead atoms. The lowest BCUT2D eigenvalue weighted by atomic mass is 10.3. The molecule has 1 fully saturated rings. The van der Waals surface area contributed by atoms with Crippen LogP contribution in [-0.4, -0.2) is 49.2 Å². The number of carbonyl (C=O) groups excluding carboxylic acids is 1. The van der Waals surface area contributed by atoms with Gasteiger partial charge < -0.3 is 10.1 Å². The second-order valence-electron chi connectivity index (χ2n) is 4.29. The molecule has 1 atom stereocenters. The summed E-state index contributed by atoms with van der Waals surface area (Å²) in [7, 11) is 0. The van der Waals surface area contributed by atoms with E-state index in [1.54, 1.807) is 0 Å². The highest BCUT2D eigenvalue weighted by Crippen LogP contribution is 2.25. The first-order valence-corrected chi connectivity index (χ1v) is 6.33. The largest absolute Gasteiger partial charge is 0.465 e. The summed E-state index contributed by atoms with van der Waals surface area (Å²) in [5, 5.41) is 3.20. The highest BCUT2D eigenvalue weighted by atomic mass is 16.5. The molecule has 0 aliphatic heterocycles. The van der Waals surface area contributed by atoms with Gasteiger partial charge in [-0.15, -0.1) is 0 Å². The molecule has 94 valence electrons. The van der Waals surface area contributed by atoms with Crippen LogP contribution in [0.4, 0.5) is 0 Å². The Labute approximate surface area is 98.3 Å². The molecular formula is C12H24N2O2. The van der Waals surface area contributed by atoms with Crippen LogP contribution in [0.15, 0.2) is 0 Å². The monoisotopic (exact) mass is 228 g/mol. The van der Waals surface area contributed by atoms with Gasteiger partial charge in [-0.3, -0.25) is 9.69 Å². The van der Waals surface area contributed by atoms with Gasteiger partial charge in [0.15, 0.2) is 0 Å². The highest BCUT2D eigenvalue weighted by molar-refractivity contribution is 5.75. The third-order valence-electron chi connectivity index (χ3n) is 2.96. The van der Waals surface area contributed by atoms with Crippen LogP contribution in [0.3, 0.4) is 0 Å². The summed E-state index contributed by atoms with van der Waals surface area (Å²) in [6.07, 6.45) is 2.67. The third-order valence-corrected chi connectivity index (χ3v) is 2.96. The molecule has 16 heavy (non-hydrogen) atoms. The minimum atomic E-state index is -0.196. The predicted octanol–water partition coefficient (Wildman–Crippen LogP) is 1.01. The van der Waals surface area contributed by atoms with Crippen molar-refractivity contribution < 1.29 is 9.53 Å². The van der Waals surface area contributed by atoms with Crippen LogP contribution in [0.1, 0.15) is 33.6 Å². The fourth-order valence-electron chi connectivity index (χ4n) is 1.81. The van der Waals surface area contributed by atoms with Gasteiger partial charge in [-0.05, 0) is 33.2 Å². The molecule has 0 amide bonds. The molecule has 0 heterocycles. The number of hydrogen-bond donors (Lipinski definition) is 1. The average Bonchev–Trinajstić information content (AvgIpc) is 3.08. The Balaban J connectivity index is 2.11. The number of likely N-dealkylation sites (N-methyl/N-ethyl adjacent to an activating group) is 1. The topological polar surface area (TPSA) is 41.6 Å². The molecule has 0 saturated heterocycles. The van der Waals surface area contributed by atoms with Gasteiger partial charge in [0.05, 0.1) is 6.61 Å². The van der Waals surface area contributed by atoms with Gasteiger partial charge in [-0.2, -0.15) is 0 Å². The molecule has 0 aromatic rings. The van der Waals surface area contributed by atoms with E-state index in [1.807, 2.05) is 13.8 Å². The van der Waals surface area contributed by atoms with Crippen molar-refractivity contribution in [2.24, 2.45) is 0 Å². The lowest BCUT2D eigenvalue weighted by Crippen LogP contribution is -2.41. The van der Waals surface area contributed by atoms with Crippen LogP contribution in [0.2, 0.25) is 0 Å². The molecule has 1 saturated carbocycles. The minimum Gasteiger partial charge on any atom is -0.465 e. The molecule has 0 aromatic heterocycles. The fraction of sp³-hybridized carbons (Fsp3) is 0.917. The van der Waals surface area contributed by atoms with Crippen molar-refractivity contribution in [1.82, 2.24) is 10.2 Å². The average molecular weight is 228 g/mol. The van der Waals surface area contributed by atoms with Gasteiger partial charge in [-0.1, -0.05) is 6.92 Å². The molecule has 0 aromatic carbocycles. The Morgan fingerprint density at radius 1 is 1.50 bits per heavy atom. The third kappa shape index (κ3) is 4.49. The number of esters is 1. The molecule has 0 spiro atoms. The Morgan fingerprint density at radius 3 is 2.69 bits per heavy atom. The summed E-state index contributed by atoms with van der Waals surface area (Å²) in [6.45, 7) is 9.29. The maximum atomic E-state index is 11.3. The zero-order chi connectivity index (χ0) is 12.0. The lowest BCUT2D eigenvalue weighted by molar-refractivity contribution is -0.145. The summed E-state index contributed by atoms with van der Waals surface area (Å²) in [4.78, 5) is 13.8. The normalized spacial score (nSPS) is 17.5. The standard InChI is InChI=1S/C12H24N2O2/c1-4-14(11-6-7-11)9-8-13-10(3)12(15)16-5-2/h10-11,13H,4-9H2,1-3H3. The second kappa shape index (κ2) is 6.86. The van der Waals surface area contributed by atoms with Crippen molar-refractivity contribution in [2.45, 2.75) is 45.7 Å². The fourth-order valence-corrected chi connectivity index (χ4v) is 1.81. The van der Waals surface area contributed by atoms with Crippen molar-refractivity contribution in [3.05, 3.63) is 0 Å². The van der Waals surface area contributed by atoms with E-state index < -0.39 is 0 Å². The first-order valence-electron chi connectivity index (χ1n) is 6.33. The van der Waals surface area contributed by atoms with Crippen molar-refractivity contribution in [1.29, 1.82) is 0 Å². The number of nitrogens with one attached hydrogen (secondary N) is 1. The summed E-state index contributed by atoms with van der Waals surface area (Å²) in [5.74, 6) is -0.156. The summed E-state index contributed by atoms with van der Waals surface area (Å²) >= 11 is 0. The molecule has 1 rings (SSSR count). The van der Waals surface area contributed by atoms with E-state index in [1.165, 1.54) is 12.8 Å². The van der Waals surface area contributed by atoms with Crippen LogP contribution in [0.5, 0.6) is 0 Å². The van der Waals surface area contributed by atoms with Crippen molar-refractivity contribution in [3.63, 3.8) is 0 Å². The Kier molecular flexibility index (Phi) is 5.77. The van der Waals surface area contributed by atoms with Gasteiger partial charge in [-0.25, -0.2) is 0 Å². The van der Waals surface area contributed by atoms with Gasteiger partial charge in [0, 0.05) is 19.1 Å². The van der Waals surface area contributed by atoms with E-state index in [0.29, 0.717) is 6.61 Å². The lowest BCUT2D eigenvalue weighted by Gasteiger charge is -2.21. The number of ether oxygens (including phenoxy) is 1. The van der Waals surface area contributed by atoms with Gasteiger partial charge >= 0.3 is 5.97 Å². The quantitative estimate of drug-likeness (QED) is 0.630. The van der Waals surface area contributed by atoms with Gasteiger partial charge in [0.25, 0.3) is 0 Å². The Morgan fingerprint density at radius 2 is 2.19 bits per heavy atom. The molecule has 1 aliphatic rings. The van der Waals surface area contributed by atoms with Gasteiger partial charge in [0.1, 0.15) is 6.04 Å². The Hall–Kier alpha value is -0.610. The zero-order valence-electron chi connectivity index (χ0n) is 10.7. The molecule has 4 nitrogen and oxygen atoms in total. The smallest absolute Gasteiger partial charge is 0.322 e. The summed E-state index contributed by atoms with van der Waals surface area (Å²) in [5.41, 5.74) is 0. The van der Waals surface area contributed by atoms with E-state index in [0.717, 1.165) is 25.7 Å². The SMILES string of the molecule is CCOC(=O)C(C)NCCN(CC)C1CC1. The maximum absolute atomic E-state index is 11.3. The van der Waals surface area contributed by atoms with E-state index in [2.05, 4.69) is 17.1 Å². The molecule has 1 unspecified atom stereocenters. The highest BCUT2D eigenvalue weighted by Gasteiger charge is 2.27. The molecular weight excluding hydrogens is 204 g/mol. The maximum Gasteiger partial charge on any atom is 0.322 e. The van der Waals surface area contributed by atoms with E-state index in [4.69, 9.17) is 4.74 Å². The van der Waals surface area contributed by atoms with Crippen LogP contribution < -0.4 is 5.32 Å². The van der Waals surface area contributed by atoms with Crippen molar-refractivity contribution in [3.8, 4) is 0 Å². The van der Waals surface area contributed by atoms with E-state index in [9.17, 15) is 4.79 Å². The van der Waals surface area contributed by atoms with E-state index >= 15 is 0 Å². The molecule has 0 radical (unpaired) electrons. The first-order chi connectivity index (χ1) is 7.69. The number of carbonyl (C=O) groups is 1. The molecule has 1 aliphatic carbocycles. The van der Waals surface area contributed by atoms with Crippen molar-refractivity contribution >= 4 is 5.97 Å². The number of rotatable bonds is 8. The summed E-state index contributed by atoms with van der Waals surface area (Å²) < 4.78 is 4.93. The van der Waals surface area contributed by atoms with Crippen LogP contribution in [-0.2, 0) is 9.53 Å². The first kappa shape index (κ1) is 13.5.